The number of nitrogens with zero attached hydrogens (tertiary/aromatic N) is 3. The number of carbonyl (C=O) groups excluding carboxylic acids is 3. The third-order valence-electron chi connectivity index (χ3n) is 5.02. The van der Waals surface area contributed by atoms with Gasteiger partial charge in [0.2, 0.25) is 5.60 Å². The second-order valence-corrected chi connectivity index (χ2v) is 6.67. The van der Waals surface area contributed by atoms with Gasteiger partial charge in [-0.3, -0.25) is 23.7 Å². The molecule has 0 aliphatic carbocycles. The number of Topliss-reactive ketones (excluding diaryl/α,β-unsaturated/α-hetero) is 3. The number of aromatic nitrogens is 4. The number of ketones is 3. The van der Waals surface area contributed by atoms with Gasteiger partial charge in [-0.15, -0.1) is 0 Å². The maximum atomic E-state index is 12.4. The van der Waals surface area contributed by atoms with Crippen LogP contribution in [-0.4, -0.2) is 75.6 Å². The summed E-state index contributed by atoms with van der Waals surface area (Å²) in [4.78, 5) is 58.3. The molecule has 0 saturated carbocycles. The van der Waals surface area contributed by atoms with E-state index < -0.39 is 52.5 Å². The van der Waals surface area contributed by atoms with Crippen molar-refractivity contribution in [3.63, 3.8) is 0 Å². The zero-order valence-electron chi connectivity index (χ0n) is 15.1. The number of H-pyrrole nitrogens is 1. The normalized spacial score (nSPS) is 31.1. The lowest BCUT2D eigenvalue weighted by atomic mass is 9.73. The van der Waals surface area contributed by atoms with Gasteiger partial charge in [0.1, 0.15) is 12.2 Å². The largest absolute Gasteiger partial charge is 0.382 e. The van der Waals surface area contributed by atoms with Crippen LogP contribution < -0.4 is 5.56 Å². The van der Waals surface area contributed by atoms with Crippen LogP contribution in [0.25, 0.3) is 11.2 Å². The van der Waals surface area contributed by atoms with Gasteiger partial charge in [0.05, 0.1) is 12.7 Å². The zero-order valence-corrected chi connectivity index (χ0v) is 15.1. The molecule has 0 bridgehead atoms. The van der Waals surface area contributed by atoms with E-state index in [4.69, 9.17) is 4.74 Å². The fourth-order valence-corrected chi connectivity index (χ4v) is 3.47. The molecule has 12 heteroatoms. The summed E-state index contributed by atoms with van der Waals surface area (Å²) in [5.41, 5.74) is -6.74. The highest BCUT2D eigenvalue weighted by molar-refractivity contribution is 6.00. The number of rotatable bonds is 5. The SMILES string of the molecule is CC(=O)C(O)[C@H]1O[C@@H](n2cnc3c(=O)[nH]cnc32)[C@@](O)(C(C)=O)C1(O)C(C)=O. The highest BCUT2D eigenvalue weighted by Crippen LogP contribution is 2.48. The van der Waals surface area contributed by atoms with Crippen molar-refractivity contribution >= 4 is 28.5 Å². The van der Waals surface area contributed by atoms with E-state index in [1.165, 1.54) is 0 Å². The van der Waals surface area contributed by atoms with E-state index in [1.807, 2.05) is 0 Å². The molecule has 2 aromatic heterocycles. The molecule has 1 fully saturated rings. The van der Waals surface area contributed by atoms with Crippen molar-refractivity contribution < 1.29 is 34.4 Å². The van der Waals surface area contributed by atoms with Crippen LogP contribution in [0.1, 0.15) is 27.0 Å². The molecule has 1 aliphatic heterocycles. The van der Waals surface area contributed by atoms with Crippen LogP contribution in [0.2, 0.25) is 0 Å². The third kappa shape index (κ3) is 2.39. The highest BCUT2D eigenvalue weighted by atomic mass is 16.6. The first-order valence-corrected chi connectivity index (χ1v) is 8.18. The van der Waals surface area contributed by atoms with Crippen molar-refractivity contribution in [2.24, 2.45) is 0 Å². The molecule has 3 rings (SSSR count). The van der Waals surface area contributed by atoms with Crippen LogP contribution in [0.5, 0.6) is 0 Å². The van der Waals surface area contributed by atoms with Gasteiger partial charge < -0.3 is 25.0 Å². The van der Waals surface area contributed by atoms with Gasteiger partial charge >= 0.3 is 0 Å². The van der Waals surface area contributed by atoms with E-state index >= 15 is 0 Å². The van der Waals surface area contributed by atoms with E-state index in [9.17, 15) is 34.5 Å². The van der Waals surface area contributed by atoms with Gasteiger partial charge in [0.25, 0.3) is 5.56 Å². The number of hydrogen-bond acceptors (Lipinski definition) is 10. The Balaban J connectivity index is 2.30. The average molecular weight is 394 g/mol. The van der Waals surface area contributed by atoms with Gasteiger partial charge in [-0.2, -0.15) is 0 Å². The van der Waals surface area contributed by atoms with Gasteiger partial charge in [0, 0.05) is 0 Å². The number of aliphatic hydroxyl groups is 3. The van der Waals surface area contributed by atoms with Crippen molar-refractivity contribution in [1.82, 2.24) is 19.5 Å². The van der Waals surface area contributed by atoms with Crippen molar-refractivity contribution in [3.8, 4) is 0 Å². The van der Waals surface area contributed by atoms with Gasteiger partial charge in [-0.05, 0) is 20.8 Å². The van der Waals surface area contributed by atoms with Crippen LogP contribution in [0.4, 0.5) is 0 Å². The van der Waals surface area contributed by atoms with E-state index in [1.54, 1.807) is 0 Å². The molecule has 1 saturated heterocycles. The topological polar surface area (TPSA) is 185 Å². The molecule has 0 amide bonds. The lowest BCUT2D eigenvalue weighted by Crippen LogP contribution is -2.67. The number of fused-ring (bicyclic) bond motifs is 1. The van der Waals surface area contributed by atoms with Gasteiger partial charge in [-0.25, -0.2) is 9.97 Å². The van der Waals surface area contributed by atoms with E-state index in [0.29, 0.717) is 0 Å². The quantitative estimate of drug-likeness (QED) is 0.426. The fraction of sp³-hybridized carbons (Fsp3) is 0.500. The summed E-state index contributed by atoms with van der Waals surface area (Å²) < 4.78 is 6.47. The zero-order chi connectivity index (χ0) is 21.0. The molecule has 5 atom stereocenters. The molecule has 2 aromatic rings. The predicted molar refractivity (Wildman–Crippen MR) is 90.0 cm³/mol. The molecule has 150 valence electrons. The molecule has 0 aromatic carbocycles. The number of ether oxygens (including phenoxy) is 1. The second-order valence-electron chi connectivity index (χ2n) is 6.67. The van der Waals surface area contributed by atoms with Crippen LogP contribution in [0.3, 0.4) is 0 Å². The summed E-state index contributed by atoms with van der Waals surface area (Å²) >= 11 is 0. The summed E-state index contributed by atoms with van der Waals surface area (Å²) in [6, 6.07) is 0. The van der Waals surface area contributed by atoms with Crippen LogP contribution in [0.15, 0.2) is 17.4 Å². The Kier molecular flexibility index (Phi) is 4.54. The molecule has 4 N–H and O–H groups in total. The van der Waals surface area contributed by atoms with Crippen molar-refractivity contribution in [2.45, 2.75) is 50.4 Å². The Morgan fingerprint density at radius 1 is 1.18 bits per heavy atom. The maximum absolute atomic E-state index is 12.4. The fourth-order valence-electron chi connectivity index (χ4n) is 3.47. The summed E-state index contributed by atoms with van der Waals surface area (Å²) in [5.74, 6) is -3.03. The summed E-state index contributed by atoms with van der Waals surface area (Å²) in [7, 11) is 0. The van der Waals surface area contributed by atoms with Crippen LogP contribution in [-0.2, 0) is 19.1 Å². The molecule has 12 nitrogen and oxygen atoms in total. The molecule has 3 heterocycles. The maximum Gasteiger partial charge on any atom is 0.278 e. The number of hydrogen-bond donors (Lipinski definition) is 4. The molecule has 1 aliphatic rings. The molecular weight excluding hydrogens is 376 g/mol. The number of aromatic amines is 1. The minimum atomic E-state index is -2.95. The molecule has 28 heavy (non-hydrogen) atoms. The number of nitrogens with one attached hydrogen (secondary N) is 1. The monoisotopic (exact) mass is 394 g/mol. The van der Waals surface area contributed by atoms with E-state index in [-0.39, 0.29) is 11.2 Å². The highest BCUT2D eigenvalue weighted by Gasteiger charge is 2.73. The molecule has 2 unspecified atom stereocenters. The smallest absolute Gasteiger partial charge is 0.278 e. The summed E-state index contributed by atoms with van der Waals surface area (Å²) in [6.45, 7) is 2.78. The number of imidazole rings is 1. The minimum Gasteiger partial charge on any atom is -0.382 e. The van der Waals surface area contributed by atoms with E-state index in [0.717, 1.165) is 38.0 Å². The lowest BCUT2D eigenvalue weighted by Gasteiger charge is -2.37. The summed E-state index contributed by atoms with van der Waals surface area (Å²) in [5, 5.41) is 32.4. The molecule has 0 radical (unpaired) electrons. The van der Waals surface area contributed by atoms with Crippen molar-refractivity contribution in [1.29, 1.82) is 0 Å². The van der Waals surface area contributed by atoms with Crippen molar-refractivity contribution in [3.05, 3.63) is 23.0 Å². The molecular formula is C16H18N4O8. The number of aliphatic hydroxyl groups excluding tert-OH is 1. The first-order valence-electron chi connectivity index (χ1n) is 8.18. The van der Waals surface area contributed by atoms with Crippen LogP contribution in [0, 0.1) is 0 Å². The average Bonchev–Trinajstić information content (AvgIpc) is 3.14. The van der Waals surface area contributed by atoms with E-state index in [2.05, 4.69) is 15.0 Å². The number of carbonyl (C=O) groups is 3. The Morgan fingerprint density at radius 2 is 1.79 bits per heavy atom. The lowest BCUT2D eigenvalue weighted by molar-refractivity contribution is -0.184. The Hall–Kier alpha value is -2.80. The molecule has 0 spiro atoms. The van der Waals surface area contributed by atoms with Gasteiger partial charge in [-0.1, -0.05) is 0 Å². The Bertz CT molecular complexity index is 1040. The summed E-state index contributed by atoms with van der Waals surface area (Å²) in [6.07, 6.45) is -3.72. The second kappa shape index (κ2) is 6.38. The first-order chi connectivity index (χ1) is 13.0. The minimum absolute atomic E-state index is 0.114. The van der Waals surface area contributed by atoms with Gasteiger partial charge in [0.15, 0.2) is 40.3 Å². The predicted octanol–water partition coefficient (Wildman–Crippen LogP) is -2.39. The third-order valence-corrected chi connectivity index (χ3v) is 5.02. The Labute approximate surface area is 156 Å². The standard InChI is InChI=1S/C16H18N4O8/c1-6(21)10(24)11-15(26,7(2)22)16(27,8(3)23)14(28-11)20-5-19-9-12(20)17-4-18-13(9)25/h4-5,10-11,14,24,26-27H,1-3H3,(H,17,18,25)/t10?,11-,14-,15?,16+/m1/s1. The van der Waals surface area contributed by atoms with Crippen molar-refractivity contribution in [2.75, 3.05) is 0 Å². The first kappa shape index (κ1) is 19.9. The van der Waals surface area contributed by atoms with Crippen LogP contribution >= 0.6 is 0 Å². The Morgan fingerprint density at radius 3 is 2.32 bits per heavy atom.